The van der Waals surface area contributed by atoms with Crippen molar-refractivity contribution >= 4 is 11.6 Å². The number of phenolic OH excluding ortho intramolecular Hbond substituents is 1. The number of azide groups is 1. The Morgan fingerprint density at radius 2 is 2.12 bits per heavy atom. The van der Waals surface area contributed by atoms with E-state index in [1.807, 2.05) is 0 Å². The van der Waals surface area contributed by atoms with Crippen LogP contribution in [-0.4, -0.2) is 28.0 Å². The molecule has 16 heavy (non-hydrogen) atoms. The lowest BCUT2D eigenvalue weighted by Gasteiger charge is -2.16. The first-order chi connectivity index (χ1) is 7.56. The smallest absolute Gasteiger partial charge is 0.134 e. The SMILES string of the molecule is [N-]=[N+]=NCC(O)C(O)c1ccc(Cl)c(O)c1. The highest BCUT2D eigenvalue weighted by molar-refractivity contribution is 6.32. The Balaban J connectivity index is 2.82. The molecule has 2 unspecified atom stereocenters. The van der Waals surface area contributed by atoms with E-state index in [0.717, 1.165) is 0 Å². The predicted octanol–water partition coefficient (Wildman–Crippen LogP) is 1.75. The summed E-state index contributed by atoms with van der Waals surface area (Å²) in [5.74, 6) is -0.186. The Bertz CT molecular complexity index is 420. The summed E-state index contributed by atoms with van der Waals surface area (Å²) in [6.07, 6.45) is -2.47. The predicted molar refractivity (Wildman–Crippen MR) is 58.1 cm³/mol. The molecule has 0 aliphatic carbocycles. The quantitative estimate of drug-likeness (QED) is 0.426. The molecule has 0 bridgehead atoms. The second-order valence-electron chi connectivity index (χ2n) is 3.14. The molecule has 0 radical (unpaired) electrons. The first kappa shape index (κ1) is 12.6. The summed E-state index contributed by atoms with van der Waals surface area (Å²) in [6.45, 7) is -0.249. The van der Waals surface area contributed by atoms with Crippen molar-refractivity contribution in [3.8, 4) is 5.75 Å². The molecule has 6 nitrogen and oxygen atoms in total. The molecule has 0 spiro atoms. The van der Waals surface area contributed by atoms with Crippen molar-refractivity contribution in [2.45, 2.75) is 12.2 Å². The van der Waals surface area contributed by atoms with E-state index in [-0.39, 0.29) is 17.3 Å². The second kappa shape index (κ2) is 5.58. The molecular weight excluding hydrogens is 234 g/mol. The molecule has 3 N–H and O–H groups in total. The molecule has 0 aliphatic heterocycles. The van der Waals surface area contributed by atoms with Gasteiger partial charge in [0.25, 0.3) is 0 Å². The van der Waals surface area contributed by atoms with Crippen molar-refractivity contribution in [2.24, 2.45) is 5.11 Å². The number of rotatable bonds is 4. The minimum Gasteiger partial charge on any atom is -0.506 e. The Hall–Kier alpha value is -1.46. The largest absolute Gasteiger partial charge is 0.506 e. The van der Waals surface area contributed by atoms with Gasteiger partial charge in [-0.3, -0.25) is 0 Å². The molecule has 0 saturated heterocycles. The van der Waals surface area contributed by atoms with E-state index in [0.29, 0.717) is 5.56 Å². The maximum absolute atomic E-state index is 9.64. The van der Waals surface area contributed by atoms with Crippen molar-refractivity contribution in [2.75, 3.05) is 6.54 Å². The molecule has 1 aromatic carbocycles. The van der Waals surface area contributed by atoms with E-state index in [1.54, 1.807) is 0 Å². The number of aliphatic hydroxyl groups excluding tert-OH is 2. The Morgan fingerprint density at radius 3 is 2.69 bits per heavy atom. The van der Waals surface area contributed by atoms with Gasteiger partial charge in [-0.1, -0.05) is 22.8 Å². The summed E-state index contributed by atoms with van der Waals surface area (Å²) >= 11 is 5.59. The lowest BCUT2D eigenvalue weighted by Crippen LogP contribution is -2.21. The van der Waals surface area contributed by atoms with Gasteiger partial charge in [-0.2, -0.15) is 0 Å². The van der Waals surface area contributed by atoms with Gasteiger partial charge in [-0.05, 0) is 23.2 Å². The third-order valence-electron chi connectivity index (χ3n) is 2.01. The maximum Gasteiger partial charge on any atom is 0.134 e. The first-order valence-corrected chi connectivity index (χ1v) is 4.79. The summed E-state index contributed by atoms with van der Waals surface area (Å²) in [4.78, 5) is 2.47. The summed E-state index contributed by atoms with van der Waals surface area (Å²) in [5.41, 5.74) is 8.35. The number of aromatic hydroxyl groups is 1. The van der Waals surface area contributed by atoms with E-state index in [2.05, 4.69) is 10.0 Å². The van der Waals surface area contributed by atoms with Gasteiger partial charge in [0, 0.05) is 4.91 Å². The number of hydrogen-bond donors (Lipinski definition) is 3. The fourth-order valence-electron chi connectivity index (χ4n) is 1.16. The van der Waals surface area contributed by atoms with Crippen LogP contribution in [0.25, 0.3) is 10.4 Å². The van der Waals surface area contributed by atoms with E-state index in [4.69, 9.17) is 17.1 Å². The Labute approximate surface area is 96.3 Å². The number of hydrogen-bond acceptors (Lipinski definition) is 4. The molecule has 86 valence electrons. The molecule has 2 atom stereocenters. The van der Waals surface area contributed by atoms with E-state index >= 15 is 0 Å². The van der Waals surface area contributed by atoms with Crippen molar-refractivity contribution in [1.82, 2.24) is 0 Å². The normalized spacial score (nSPS) is 13.9. The molecular formula is C9H10ClN3O3. The van der Waals surface area contributed by atoms with Crippen LogP contribution in [0.15, 0.2) is 23.3 Å². The maximum atomic E-state index is 9.64. The average molecular weight is 244 g/mol. The zero-order valence-electron chi connectivity index (χ0n) is 8.16. The molecule has 0 fully saturated rings. The van der Waals surface area contributed by atoms with Crippen LogP contribution in [0.5, 0.6) is 5.75 Å². The van der Waals surface area contributed by atoms with Crippen molar-refractivity contribution in [3.05, 3.63) is 39.2 Å². The van der Waals surface area contributed by atoms with Crippen molar-refractivity contribution in [1.29, 1.82) is 0 Å². The number of phenols is 1. The van der Waals surface area contributed by atoms with Gasteiger partial charge in [0.15, 0.2) is 0 Å². The highest BCUT2D eigenvalue weighted by Crippen LogP contribution is 2.27. The van der Waals surface area contributed by atoms with Crippen molar-refractivity contribution in [3.63, 3.8) is 0 Å². The molecule has 7 heteroatoms. The fraction of sp³-hybridized carbons (Fsp3) is 0.333. The number of halogens is 1. The van der Waals surface area contributed by atoms with Gasteiger partial charge in [-0.25, -0.2) is 0 Å². The molecule has 1 aromatic rings. The Kier molecular flexibility index (Phi) is 4.39. The topological polar surface area (TPSA) is 109 Å². The third kappa shape index (κ3) is 3.01. The minimum atomic E-state index is -1.24. The first-order valence-electron chi connectivity index (χ1n) is 4.41. The van der Waals surface area contributed by atoms with Crippen LogP contribution in [-0.2, 0) is 0 Å². The van der Waals surface area contributed by atoms with Crippen molar-refractivity contribution < 1.29 is 15.3 Å². The summed E-state index contributed by atoms with van der Waals surface area (Å²) < 4.78 is 0. The molecule has 0 saturated carbocycles. The van der Waals surface area contributed by atoms with Gasteiger partial charge in [-0.15, -0.1) is 0 Å². The lowest BCUT2D eigenvalue weighted by molar-refractivity contribution is 0.0243. The van der Waals surface area contributed by atoms with Crippen LogP contribution in [0.3, 0.4) is 0 Å². The highest BCUT2D eigenvalue weighted by atomic mass is 35.5. The second-order valence-corrected chi connectivity index (χ2v) is 3.54. The lowest BCUT2D eigenvalue weighted by atomic mass is 10.0. The standard InChI is InChI=1S/C9H10ClN3O3/c10-6-2-1-5(3-7(6)14)9(16)8(15)4-12-13-11/h1-3,8-9,14-16H,4H2. The van der Waals surface area contributed by atoms with Crippen LogP contribution >= 0.6 is 11.6 Å². The van der Waals surface area contributed by atoms with E-state index in [9.17, 15) is 15.3 Å². The van der Waals surface area contributed by atoms with E-state index in [1.165, 1.54) is 18.2 Å². The summed E-state index contributed by atoms with van der Waals surface area (Å²) in [6, 6.07) is 4.11. The third-order valence-corrected chi connectivity index (χ3v) is 2.33. The fourth-order valence-corrected chi connectivity index (χ4v) is 1.27. The average Bonchev–Trinajstić information content (AvgIpc) is 2.28. The minimum absolute atomic E-state index is 0.153. The molecule has 0 heterocycles. The summed E-state index contributed by atoms with van der Waals surface area (Å²) in [7, 11) is 0. The van der Waals surface area contributed by atoms with Gasteiger partial charge in [0.1, 0.15) is 11.9 Å². The zero-order chi connectivity index (χ0) is 12.1. The van der Waals surface area contributed by atoms with Gasteiger partial charge >= 0.3 is 0 Å². The van der Waals surface area contributed by atoms with Gasteiger partial charge in [0.05, 0.1) is 17.7 Å². The molecule has 1 rings (SSSR count). The summed E-state index contributed by atoms with van der Waals surface area (Å²) in [5, 5.41) is 31.7. The number of aliphatic hydroxyl groups is 2. The van der Waals surface area contributed by atoms with Crippen LogP contribution in [0.1, 0.15) is 11.7 Å². The molecule has 0 aromatic heterocycles. The van der Waals surface area contributed by atoms with Crippen LogP contribution in [0.4, 0.5) is 0 Å². The molecule has 0 aliphatic rings. The van der Waals surface area contributed by atoms with Crippen LogP contribution in [0, 0.1) is 0 Å². The number of benzene rings is 1. The van der Waals surface area contributed by atoms with Gasteiger partial charge in [0.2, 0.25) is 0 Å². The zero-order valence-corrected chi connectivity index (χ0v) is 8.91. The number of nitrogens with zero attached hydrogens (tertiary/aromatic N) is 3. The monoisotopic (exact) mass is 243 g/mol. The van der Waals surface area contributed by atoms with Crippen LogP contribution < -0.4 is 0 Å². The van der Waals surface area contributed by atoms with Gasteiger partial charge < -0.3 is 15.3 Å². The Morgan fingerprint density at radius 1 is 1.44 bits per heavy atom. The molecule has 0 amide bonds. The van der Waals surface area contributed by atoms with Crippen LogP contribution in [0.2, 0.25) is 5.02 Å². The highest BCUT2D eigenvalue weighted by Gasteiger charge is 2.18. The van der Waals surface area contributed by atoms with E-state index < -0.39 is 12.2 Å².